The van der Waals surface area contributed by atoms with Gasteiger partial charge in [-0.2, -0.15) is 0 Å². The summed E-state index contributed by atoms with van der Waals surface area (Å²) in [5.74, 6) is 3.91. The monoisotopic (exact) mass is 322 g/mol. The molecule has 2 bridgehead atoms. The van der Waals surface area contributed by atoms with E-state index >= 15 is 0 Å². The van der Waals surface area contributed by atoms with Crippen molar-refractivity contribution in [3.8, 4) is 11.4 Å². The molecule has 2 aromatic rings. The molecule has 3 aliphatic rings. The number of rotatable bonds is 2. The van der Waals surface area contributed by atoms with Gasteiger partial charge in [-0.25, -0.2) is 0 Å². The van der Waals surface area contributed by atoms with Crippen molar-refractivity contribution in [2.24, 2.45) is 17.8 Å². The second-order valence-corrected chi connectivity index (χ2v) is 7.50. The maximum Gasteiger partial charge on any atom is 0.226 e. The van der Waals surface area contributed by atoms with Crippen LogP contribution in [0.4, 0.5) is 0 Å². The van der Waals surface area contributed by atoms with E-state index < -0.39 is 0 Å². The van der Waals surface area contributed by atoms with Gasteiger partial charge in [0.25, 0.3) is 0 Å². The van der Waals surface area contributed by atoms with Gasteiger partial charge < -0.3 is 9.47 Å². The second kappa shape index (κ2) is 5.43. The van der Waals surface area contributed by atoms with E-state index in [4.69, 9.17) is 0 Å². The third kappa shape index (κ3) is 2.18. The average Bonchev–Trinajstić information content (AvgIpc) is 3.36. The molecule has 2 fully saturated rings. The lowest BCUT2D eigenvalue weighted by atomic mass is 9.87. The number of benzene rings is 1. The Morgan fingerprint density at radius 1 is 1.04 bits per heavy atom. The van der Waals surface area contributed by atoms with Crippen molar-refractivity contribution in [2.75, 3.05) is 6.54 Å². The van der Waals surface area contributed by atoms with Gasteiger partial charge in [-0.3, -0.25) is 4.79 Å². The molecule has 2 heterocycles. The maximum absolute atomic E-state index is 12.9. The molecule has 5 rings (SSSR count). The summed E-state index contributed by atoms with van der Waals surface area (Å²) in [6.45, 7) is 2.17. The molecule has 0 saturated heterocycles. The predicted octanol–water partition coefficient (Wildman–Crippen LogP) is 2.72. The van der Waals surface area contributed by atoms with Gasteiger partial charge in [0.15, 0.2) is 11.6 Å². The molecule has 3 unspecified atom stereocenters. The van der Waals surface area contributed by atoms with Gasteiger partial charge >= 0.3 is 0 Å². The Morgan fingerprint density at radius 2 is 1.92 bits per heavy atom. The zero-order valence-electron chi connectivity index (χ0n) is 13.8. The standard InChI is InChI=1S/C19H22N4O/c24-19(16-11-13-6-7-15(16)10-13)22-8-9-23-17(12-22)20-21-18(23)14-4-2-1-3-5-14/h1-5,13,15-16H,6-12H2. The van der Waals surface area contributed by atoms with Crippen molar-refractivity contribution in [1.29, 1.82) is 0 Å². The highest BCUT2D eigenvalue weighted by atomic mass is 16.2. The van der Waals surface area contributed by atoms with E-state index in [-0.39, 0.29) is 5.92 Å². The van der Waals surface area contributed by atoms with E-state index in [0.29, 0.717) is 18.4 Å². The summed E-state index contributed by atoms with van der Waals surface area (Å²) < 4.78 is 2.17. The molecule has 2 saturated carbocycles. The van der Waals surface area contributed by atoms with Crippen LogP contribution in [0, 0.1) is 17.8 Å². The van der Waals surface area contributed by atoms with Gasteiger partial charge in [0.1, 0.15) is 0 Å². The maximum atomic E-state index is 12.9. The molecule has 24 heavy (non-hydrogen) atoms. The molecule has 0 spiro atoms. The van der Waals surface area contributed by atoms with Crippen LogP contribution in [0.3, 0.4) is 0 Å². The van der Waals surface area contributed by atoms with Crippen molar-refractivity contribution < 1.29 is 4.79 Å². The summed E-state index contributed by atoms with van der Waals surface area (Å²) in [6.07, 6.45) is 4.98. The predicted molar refractivity (Wildman–Crippen MR) is 89.8 cm³/mol. The number of aromatic nitrogens is 3. The van der Waals surface area contributed by atoms with Crippen LogP contribution in [0.25, 0.3) is 11.4 Å². The van der Waals surface area contributed by atoms with Gasteiger partial charge in [-0.15, -0.1) is 10.2 Å². The smallest absolute Gasteiger partial charge is 0.226 e. The highest BCUT2D eigenvalue weighted by Crippen LogP contribution is 2.49. The fraction of sp³-hybridized carbons (Fsp3) is 0.526. The summed E-state index contributed by atoms with van der Waals surface area (Å²) in [7, 11) is 0. The van der Waals surface area contributed by atoms with Crippen LogP contribution in [0.15, 0.2) is 30.3 Å². The Hall–Kier alpha value is -2.17. The first-order chi connectivity index (χ1) is 11.8. The molecule has 2 aliphatic carbocycles. The van der Waals surface area contributed by atoms with Crippen molar-refractivity contribution in [3.05, 3.63) is 36.2 Å². The number of hydrogen-bond acceptors (Lipinski definition) is 3. The quantitative estimate of drug-likeness (QED) is 0.854. The number of fused-ring (bicyclic) bond motifs is 3. The summed E-state index contributed by atoms with van der Waals surface area (Å²) in [4.78, 5) is 15.0. The topological polar surface area (TPSA) is 51.0 Å². The second-order valence-electron chi connectivity index (χ2n) is 7.50. The van der Waals surface area contributed by atoms with Crippen molar-refractivity contribution in [3.63, 3.8) is 0 Å². The Morgan fingerprint density at radius 3 is 2.67 bits per heavy atom. The third-order valence-corrected chi connectivity index (χ3v) is 6.15. The molecule has 1 aromatic heterocycles. The molecule has 5 nitrogen and oxygen atoms in total. The van der Waals surface area contributed by atoms with Crippen molar-refractivity contribution >= 4 is 5.91 Å². The lowest BCUT2D eigenvalue weighted by molar-refractivity contribution is -0.138. The molecule has 1 amide bonds. The number of carbonyl (C=O) groups excluding carboxylic acids is 1. The lowest BCUT2D eigenvalue weighted by Gasteiger charge is -2.32. The average molecular weight is 322 g/mol. The largest absolute Gasteiger partial charge is 0.333 e. The van der Waals surface area contributed by atoms with E-state index in [1.54, 1.807) is 0 Å². The molecule has 0 N–H and O–H groups in total. The highest BCUT2D eigenvalue weighted by Gasteiger charge is 2.44. The van der Waals surface area contributed by atoms with Crippen LogP contribution < -0.4 is 0 Å². The first kappa shape index (κ1) is 14.2. The fourth-order valence-corrected chi connectivity index (χ4v) is 4.93. The van der Waals surface area contributed by atoms with Crippen LogP contribution in [0.1, 0.15) is 31.5 Å². The molecular weight excluding hydrogens is 300 g/mol. The van der Waals surface area contributed by atoms with Crippen LogP contribution in [0.5, 0.6) is 0 Å². The molecule has 124 valence electrons. The van der Waals surface area contributed by atoms with Crippen LogP contribution >= 0.6 is 0 Å². The molecular formula is C19H22N4O. The minimum atomic E-state index is 0.270. The number of hydrogen-bond donors (Lipinski definition) is 0. The molecule has 0 radical (unpaired) electrons. The van der Waals surface area contributed by atoms with E-state index in [0.717, 1.165) is 42.6 Å². The van der Waals surface area contributed by atoms with Crippen LogP contribution in [0.2, 0.25) is 0 Å². The Labute approximate surface area is 141 Å². The Kier molecular flexibility index (Phi) is 3.21. The zero-order chi connectivity index (χ0) is 16.1. The van der Waals surface area contributed by atoms with Crippen LogP contribution in [-0.4, -0.2) is 32.1 Å². The summed E-state index contributed by atoms with van der Waals surface area (Å²) in [5.41, 5.74) is 1.09. The van der Waals surface area contributed by atoms with Crippen LogP contribution in [-0.2, 0) is 17.9 Å². The summed E-state index contributed by atoms with van der Waals surface area (Å²) in [5, 5.41) is 8.73. The zero-order valence-corrected chi connectivity index (χ0v) is 13.8. The highest BCUT2D eigenvalue weighted by molar-refractivity contribution is 5.79. The molecule has 5 heteroatoms. The van der Waals surface area contributed by atoms with Gasteiger partial charge in [0, 0.05) is 24.6 Å². The van der Waals surface area contributed by atoms with Crippen molar-refractivity contribution in [2.45, 2.75) is 38.8 Å². The number of amides is 1. The van der Waals surface area contributed by atoms with Gasteiger partial charge in [0.2, 0.25) is 5.91 Å². The normalized spacial score (nSPS) is 28.2. The number of carbonyl (C=O) groups is 1. The summed E-state index contributed by atoms with van der Waals surface area (Å²) in [6, 6.07) is 10.2. The third-order valence-electron chi connectivity index (χ3n) is 6.15. The Balaban J connectivity index is 1.36. The minimum absolute atomic E-state index is 0.270. The van der Waals surface area contributed by atoms with Gasteiger partial charge in [0.05, 0.1) is 6.54 Å². The van der Waals surface area contributed by atoms with Crippen molar-refractivity contribution in [1.82, 2.24) is 19.7 Å². The molecule has 1 aromatic carbocycles. The van der Waals surface area contributed by atoms with E-state index in [1.165, 1.54) is 19.3 Å². The SMILES string of the molecule is O=C(C1CC2CCC1C2)N1CCn2c(nnc2-c2ccccc2)C1. The van der Waals surface area contributed by atoms with Gasteiger partial charge in [-0.1, -0.05) is 36.8 Å². The Bertz CT molecular complexity index is 769. The van der Waals surface area contributed by atoms with E-state index in [1.807, 2.05) is 23.1 Å². The minimum Gasteiger partial charge on any atom is -0.333 e. The van der Waals surface area contributed by atoms with E-state index in [2.05, 4.69) is 26.9 Å². The number of nitrogens with zero attached hydrogens (tertiary/aromatic N) is 4. The van der Waals surface area contributed by atoms with Gasteiger partial charge in [-0.05, 0) is 31.1 Å². The first-order valence-corrected chi connectivity index (χ1v) is 9.06. The fourth-order valence-electron chi connectivity index (χ4n) is 4.93. The molecule has 1 aliphatic heterocycles. The summed E-state index contributed by atoms with van der Waals surface area (Å²) >= 11 is 0. The first-order valence-electron chi connectivity index (χ1n) is 9.06. The lowest BCUT2D eigenvalue weighted by Crippen LogP contribution is -2.43. The van der Waals surface area contributed by atoms with E-state index in [9.17, 15) is 4.79 Å². The molecule has 3 atom stereocenters.